The molecular formula is C8H9BrF2N2. The van der Waals surface area contributed by atoms with Crippen LogP contribution in [0.1, 0.15) is 5.56 Å². The van der Waals surface area contributed by atoms with Crippen LogP contribution in [0.2, 0.25) is 0 Å². The molecule has 13 heavy (non-hydrogen) atoms. The third-order valence-corrected chi connectivity index (χ3v) is 1.82. The van der Waals surface area contributed by atoms with Gasteiger partial charge in [0, 0.05) is 23.4 Å². The summed E-state index contributed by atoms with van der Waals surface area (Å²) in [5, 5.41) is 2.62. The summed E-state index contributed by atoms with van der Waals surface area (Å²) in [7, 11) is 0. The Bertz CT molecular complexity index is 268. The highest BCUT2D eigenvalue weighted by molar-refractivity contribution is 9.10. The minimum absolute atomic E-state index is 0.285. The molecular weight excluding hydrogens is 242 g/mol. The van der Waals surface area contributed by atoms with Gasteiger partial charge in [-0.15, -0.1) is 0 Å². The summed E-state index contributed by atoms with van der Waals surface area (Å²) in [5.74, 6) is 0. The summed E-state index contributed by atoms with van der Waals surface area (Å²) in [4.78, 5) is 3.91. The summed E-state index contributed by atoms with van der Waals surface area (Å²) in [6.07, 6.45) is 0.986. The van der Waals surface area contributed by atoms with E-state index in [1.807, 2.05) is 6.07 Å². The maximum atomic E-state index is 11.7. The number of hydrogen-bond acceptors (Lipinski definition) is 2. The molecule has 0 unspecified atom stereocenters. The van der Waals surface area contributed by atoms with E-state index in [-0.39, 0.29) is 6.54 Å². The molecule has 0 aliphatic rings. The second-order valence-corrected chi connectivity index (χ2v) is 3.45. The second-order valence-electron chi connectivity index (χ2n) is 2.53. The minimum Gasteiger partial charge on any atom is -0.307 e. The van der Waals surface area contributed by atoms with Gasteiger partial charge in [-0.05, 0) is 27.6 Å². The van der Waals surface area contributed by atoms with E-state index in [1.54, 1.807) is 12.4 Å². The zero-order valence-corrected chi connectivity index (χ0v) is 8.39. The van der Waals surface area contributed by atoms with Gasteiger partial charge in [-0.25, -0.2) is 8.78 Å². The Morgan fingerprint density at radius 1 is 1.46 bits per heavy atom. The van der Waals surface area contributed by atoms with Crippen molar-refractivity contribution in [2.75, 3.05) is 6.54 Å². The molecule has 0 aromatic carbocycles. The van der Waals surface area contributed by atoms with E-state index in [4.69, 9.17) is 0 Å². The highest BCUT2D eigenvalue weighted by Crippen LogP contribution is 2.09. The van der Waals surface area contributed by atoms with Gasteiger partial charge in [0.25, 0.3) is 6.43 Å². The Kier molecular flexibility index (Phi) is 4.24. The zero-order valence-electron chi connectivity index (χ0n) is 6.80. The van der Waals surface area contributed by atoms with Gasteiger partial charge >= 0.3 is 0 Å². The molecule has 0 saturated carbocycles. The first kappa shape index (κ1) is 10.5. The summed E-state index contributed by atoms with van der Waals surface area (Å²) >= 11 is 3.24. The van der Waals surface area contributed by atoms with Gasteiger partial charge in [0.2, 0.25) is 0 Å². The third kappa shape index (κ3) is 4.28. The van der Waals surface area contributed by atoms with Crippen LogP contribution in [0.5, 0.6) is 0 Å². The van der Waals surface area contributed by atoms with Gasteiger partial charge < -0.3 is 5.32 Å². The van der Waals surface area contributed by atoms with E-state index in [1.165, 1.54) is 0 Å². The summed E-state index contributed by atoms with van der Waals surface area (Å²) in [6, 6.07) is 1.84. The first-order valence-corrected chi connectivity index (χ1v) is 4.56. The lowest BCUT2D eigenvalue weighted by atomic mass is 10.3. The molecule has 2 nitrogen and oxygen atoms in total. The zero-order chi connectivity index (χ0) is 9.68. The molecule has 1 N–H and O–H groups in total. The molecule has 0 atom stereocenters. The van der Waals surface area contributed by atoms with E-state index in [0.717, 1.165) is 10.0 Å². The number of rotatable bonds is 4. The highest BCUT2D eigenvalue weighted by Gasteiger charge is 2.00. The largest absolute Gasteiger partial charge is 0.307 e. The van der Waals surface area contributed by atoms with Gasteiger partial charge in [-0.1, -0.05) is 0 Å². The maximum absolute atomic E-state index is 11.7. The van der Waals surface area contributed by atoms with E-state index >= 15 is 0 Å². The molecule has 0 aliphatic carbocycles. The average molecular weight is 251 g/mol. The number of pyridine rings is 1. The monoisotopic (exact) mass is 250 g/mol. The molecule has 1 aromatic heterocycles. The Balaban J connectivity index is 2.37. The van der Waals surface area contributed by atoms with Gasteiger partial charge in [0.1, 0.15) is 0 Å². The van der Waals surface area contributed by atoms with E-state index in [0.29, 0.717) is 6.54 Å². The van der Waals surface area contributed by atoms with Crippen LogP contribution < -0.4 is 5.32 Å². The van der Waals surface area contributed by atoms with Crippen LogP contribution in [-0.4, -0.2) is 18.0 Å². The van der Waals surface area contributed by atoms with Gasteiger partial charge in [-0.2, -0.15) is 0 Å². The fourth-order valence-corrected chi connectivity index (χ4v) is 1.29. The number of hydrogen-bond donors (Lipinski definition) is 1. The Morgan fingerprint density at radius 3 is 2.85 bits per heavy atom. The van der Waals surface area contributed by atoms with Crippen molar-refractivity contribution in [3.8, 4) is 0 Å². The average Bonchev–Trinajstić information content (AvgIpc) is 2.03. The second kappa shape index (κ2) is 5.24. The Hall–Kier alpha value is -0.550. The first-order chi connectivity index (χ1) is 6.18. The molecule has 0 saturated heterocycles. The SMILES string of the molecule is FC(F)CNCc1cncc(Br)c1. The summed E-state index contributed by atoms with van der Waals surface area (Å²) in [6.45, 7) is 0.128. The molecule has 0 aliphatic heterocycles. The number of alkyl halides is 2. The molecule has 0 radical (unpaired) electrons. The van der Waals surface area contributed by atoms with Crippen molar-refractivity contribution in [3.05, 3.63) is 28.5 Å². The van der Waals surface area contributed by atoms with Crippen LogP contribution >= 0.6 is 15.9 Å². The Labute approximate surface area is 83.5 Å². The lowest BCUT2D eigenvalue weighted by Crippen LogP contribution is -2.20. The number of aromatic nitrogens is 1. The summed E-state index contributed by atoms with van der Waals surface area (Å²) < 4.78 is 24.3. The van der Waals surface area contributed by atoms with Crippen molar-refractivity contribution in [2.45, 2.75) is 13.0 Å². The van der Waals surface area contributed by atoms with Crippen molar-refractivity contribution in [1.82, 2.24) is 10.3 Å². The normalized spacial score (nSPS) is 10.8. The van der Waals surface area contributed by atoms with Crippen LogP contribution in [0, 0.1) is 0 Å². The van der Waals surface area contributed by atoms with E-state index in [2.05, 4.69) is 26.2 Å². The van der Waals surface area contributed by atoms with Crippen molar-refractivity contribution < 1.29 is 8.78 Å². The van der Waals surface area contributed by atoms with Crippen LogP contribution in [0.3, 0.4) is 0 Å². The molecule has 0 fully saturated rings. The lowest BCUT2D eigenvalue weighted by Gasteiger charge is -2.03. The van der Waals surface area contributed by atoms with Crippen molar-refractivity contribution in [1.29, 1.82) is 0 Å². The molecule has 72 valence electrons. The van der Waals surface area contributed by atoms with Crippen molar-refractivity contribution in [3.63, 3.8) is 0 Å². The molecule has 1 rings (SSSR count). The lowest BCUT2D eigenvalue weighted by molar-refractivity contribution is 0.145. The molecule has 0 bridgehead atoms. The van der Waals surface area contributed by atoms with Crippen LogP contribution in [-0.2, 0) is 6.54 Å². The highest BCUT2D eigenvalue weighted by atomic mass is 79.9. The van der Waals surface area contributed by atoms with Crippen LogP contribution in [0.15, 0.2) is 22.9 Å². The quantitative estimate of drug-likeness (QED) is 0.887. The number of nitrogens with one attached hydrogen (secondary N) is 1. The standard InChI is InChI=1S/C8H9BrF2N2/c9-7-1-6(2-12-4-7)3-13-5-8(10)11/h1-2,4,8,13H,3,5H2. The topological polar surface area (TPSA) is 24.9 Å². The number of halogens is 3. The van der Waals surface area contributed by atoms with Gasteiger partial charge in [-0.3, -0.25) is 4.98 Å². The van der Waals surface area contributed by atoms with E-state index in [9.17, 15) is 8.78 Å². The Morgan fingerprint density at radius 2 is 2.23 bits per heavy atom. The molecule has 0 spiro atoms. The van der Waals surface area contributed by atoms with Crippen molar-refractivity contribution in [2.24, 2.45) is 0 Å². The fourth-order valence-electron chi connectivity index (χ4n) is 0.878. The molecule has 0 amide bonds. The predicted octanol–water partition coefficient (Wildman–Crippen LogP) is 2.20. The van der Waals surface area contributed by atoms with Crippen LogP contribution in [0.4, 0.5) is 8.78 Å². The van der Waals surface area contributed by atoms with Gasteiger partial charge in [0.15, 0.2) is 0 Å². The number of nitrogens with zero attached hydrogens (tertiary/aromatic N) is 1. The smallest absolute Gasteiger partial charge is 0.250 e. The summed E-state index contributed by atoms with van der Waals surface area (Å²) in [5.41, 5.74) is 0.884. The predicted molar refractivity (Wildman–Crippen MR) is 49.6 cm³/mol. The van der Waals surface area contributed by atoms with E-state index < -0.39 is 6.43 Å². The van der Waals surface area contributed by atoms with Crippen LogP contribution in [0.25, 0.3) is 0 Å². The molecule has 5 heteroatoms. The first-order valence-electron chi connectivity index (χ1n) is 3.77. The maximum Gasteiger partial charge on any atom is 0.250 e. The van der Waals surface area contributed by atoms with Crippen molar-refractivity contribution >= 4 is 15.9 Å². The van der Waals surface area contributed by atoms with Gasteiger partial charge in [0.05, 0.1) is 6.54 Å². The minimum atomic E-state index is -2.31. The molecule has 1 aromatic rings. The fraction of sp³-hybridized carbons (Fsp3) is 0.375. The molecule has 1 heterocycles. The third-order valence-electron chi connectivity index (χ3n) is 1.39.